The van der Waals surface area contributed by atoms with E-state index < -0.39 is 0 Å². The van der Waals surface area contributed by atoms with Gasteiger partial charge < -0.3 is 15.4 Å². The minimum absolute atomic E-state index is 0.626. The summed E-state index contributed by atoms with van der Waals surface area (Å²) in [5.41, 5.74) is 5.67. The van der Waals surface area contributed by atoms with Crippen molar-refractivity contribution < 1.29 is 4.74 Å². The first kappa shape index (κ1) is 11.0. The van der Waals surface area contributed by atoms with E-state index in [1.807, 2.05) is 0 Å². The Bertz CT molecular complexity index is 131. The second-order valence-electron chi connectivity index (χ2n) is 3.97. The largest absolute Gasteiger partial charge is 0.380 e. The highest BCUT2D eigenvalue weighted by atomic mass is 16.5. The van der Waals surface area contributed by atoms with Crippen molar-refractivity contribution in [3.63, 3.8) is 0 Å². The van der Waals surface area contributed by atoms with E-state index >= 15 is 0 Å². The maximum atomic E-state index is 5.67. The summed E-state index contributed by atoms with van der Waals surface area (Å²) in [7, 11) is 2.18. The monoisotopic (exact) mass is 186 g/mol. The lowest BCUT2D eigenvalue weighted by molar-refractivity contribution is 0.149. The molecule has 1 saturated heterocycles. The van der Waals surface area contributed by atoms with Crippen LogP contribution in [0.1, 0.15) is 19.8 Å². The smallest absolute Gasteiger partial charge is 0.0622 e. The summed E-state index contributed by atoms with van der Waals surface area (Å²) >= 11 is 0. The molecule has 0 amide bonds. The third-order valence-corrected chi connectivity index (χ3v) is 2.99. The van der Waals surface area contributed by atoms with E-state index in [1.54, 1.807) is 0 Å². The number of hydrogen-bond donors (Lipinski definition) is 1. The van der Waals surface area contributed by atoms with Gasteiger partial charge in [-0.05, 0) is 25.9 Å². The summed E-state index contributed by atoms with van der Waals surface area (Å²) in [5, 5.41) is 0. The van der Waals surface area contributed by atoms with Crippen LogP contribution in [-0.4, -0.2) is 44.3 Å². The fourth-order valence-electron chi connectivity index (χ4n) is 1.80. The lowest BCUT2D eigenvalue weighted by atomic mass is 10.1. The molecular formula is C10H22N2O. The normalized spacial score (nSPS) is 25.4. The minimum atomic E-state index is 0.626. The molecule has 0 bridgehead atoms. The van der Waals surface area contributed by atoms with Gasteiger partial charge in [0.2, 0.25) is 0 Å². The quantitative estimate of drug-likeness (QED) is 0.686. The van der Waals surface area contributed by atoms with E-state index in [2.05, 4.69) is 18.9 Å². The lowest BCUT2D eigenvalue weighted by Gasteiger charge is -2.26. The zero-order valence-electron chi connectivity index (χ0n) is 8.83. The van der Waals surface area contributed by atoms with Crippen LogP contribution in [0.15, 0.2) is 0 Å². The molecule has 1 fully saturated rings. The highest BCUT2D eigenvalue weighted by molar-refractivity contribution is 4.75. The van der Waals surface area contributed by atoms with Gasteiger partial charge in [0.05, 0.1) is 6.61 Å². The zero-order chi connectivity index (χ0) is 9.68. The maximum absolute atomic E-state index is 5.67. The van der Waals surface area contributed by atoms with Gasteiger partial charge in [0.25, 0.3) is 0 Å². The van der Waals surface area contributed by atoms with E-state index in [-0.39, 0.29) is 0 Å². The SMILES string of the molecule is CCC(CN)CN(C)C1CCOC1. The Labute approximate surface area is 81.2 Å². The van der Waals surface area contributed by atoms with Crippen molar-refractivity contribution in [2.75, 3.05) is 33.4 Å². The molecule has 2 N–H and O–H groups in total. The van der Waals surface area contributed by atoms with Crippen LogP contribution in [0.25, 0.3) is 0 Å². The number of ether oxygens (including phenoxy) is 1. The molecule has 2 unspecified atom stereocenters. The van der Waals surface area contributed by atoms with Gasteiger partial charge in [0.15, 0.2) is 0 Å². The number of nitrogens with two attached hydrogens (primary N) is 1. The van der Waals surface area contributed by atoms with Crippen molar-refractivity contribution in [1.82, 2.24) is 4.90 Å². The van der Waals surface area contributed by atoms with Crippen LogP contribution < -0.4 is 5.73 Å². The van der Waals surface area contributed by atoms with Crippen molar-refractivity contribution in [3.8, 4) is 0 Å². The van der Waals surface area contributed by atoms with E-state index in [1.165, 1.54) is 12.8 Å². The second-order valence-corrected chi connectivity index (χ2v) is 3.97. The molecule has 1 heterocycles. The first-order valence-corrected chi connectivity index (χ1v) is 5.26. The van der Waals surface area contributed by atoms with Gasteiger partial charge in [0, 0.05) is 19.2 Å². The Balaban J connectivity index is 2.25. The van der Waals surface area contributed by atoms with Gasteiger partial charge >= 0.3 is 0 Å². The molecule has 0 aromatic rings. The predicted molar refractivity (Wildman–Crippen MR) is 54.7 cm³/mol. The highest BCUT2D eigenvalue weighted by Gasteiger charge is 2.21. The maximum Gasteiger partial charge on any atom is 0.0622 e. The van der Waals surface area contributed by atoms with Crippen LogP contribution in [0.5, 0.6) is 0 Å². The molecule has 0 spiro atoms. The van der Waals surface area contributed by atoms with E-state index in [0.29, 0.717) is 12.0 Å². The number of rotatable bonds is 5. The summed E-state index contributed by atoms with van der Waals surface area (Å²) < 4.78 is 5.35. The Morgan fingerprint density at radius 1 is 1.62 bits per heavy atom. The van der Waals surface area contributed by atoms with Crippen molar-refractivity contribution >= 4 is 0 Å². The molecule has 0 aliphatic carbocycles. The van der Waals surface area contributed by atoms with Crippen LogP contribution in [-0.2, 0) is 4.74 Å². The summed E-state index contributed by atoms with van der Waals surface area (Å²) in [4.78, 5) is 2.40. The molecule has 13 heavy (non-hydrogen) atoms. The Hall–Kier alpha value is -0.120. The molecule has 78 valence electrons. The molecule has 1 rings (SSSR count). The van der Waals surface area contributed by atoms with Gasteiger partial charge in [-0.25, -0.2) is 0 Å². The van der Waals surface area contributed by atoms with Crippen LogP contribution in [0.3, 0.4) is 0 Å². The van der Waals surface area contributed by atoms with Gasteiger partial charge in [-0.1, -0.05) is 13.3 Å². The van der Waals surface area contributed by atoms with Crippen LogP contribution >= 0.6 is 0 Å². The average Bonchev–Trinajstić information content (AvgIpc) is 2.66. The van der Waals surface area contributed by atoms with Crippen molar-refractivity contribution in [2.45, 2.75) is 25.8 Å². The Morgan fingerprint density at radius 3 is 2.85 bits per heavy atom. The summed E-state index contributed by atoms with van der Waals surface area (Å²) in [5.74, 6) is 0.644. The number of likely N-dealkylation sites (N-methyl/N-ethyl adjacent to an activating group) is 1. The first-order valence-electron chi connectivity index (χ1n) is 5.26. The minimum Gasteiger partial charge on any atom is -0.380 e. The van der Waals surface area contributed by atoms with Crippen LogP contribution in [0.4, 0.5) is 0 Å². The predicted octanol–water partition coefficient (Wildman–Crippen LogP) is 0.692. The first-order chi connectivity index (χ1) is 6.27. The third kappa shape index (κ3) is 3.25. The topological polar surface area (TPSA) is 38.5 Å². The highest BCUT2D eigenvalue weighted by Crippen LogP contribution is 2.13. The van der Waals surface area contributed by atoms with Crippen molar-refractivity contribution in [2.24, 2.45) is 11.7 Å². The van der Waals surface area contributed by atoms with Gasteiger partial charge in [0.1, 0.15) is 0 Å². The van der Waals surface area contributed by atoms with Crippen molar-refractivity contribution in [1.29, 1.82) is 0 Å². The number of hydrogen-bond acceptors (Lipinski definition) is 3. The van der Waals surface area contributed by atoms with Crippen LogP contribution in [0, 0.1) is 5.92 Å². The average molecular weight is 186 g/mol. The molecule has 0 saturated carbocycles. The molecular weight excluding hydrogens is 164 g/mol. The van der Waals surface area contributed by atoms with Gasteiger partial charge in [-0.3, -0.25) is 0 Å². The molecule has 2 atom stereocenters. The summed E-state index contributed by atoms with van der Waals surface area (Å²) in [6, 6.07) is 0.626. The van der Waals surface area contributed by atoms with E-state index in [4.69, 9.17) is 10.5 Å². The molecule has 0 aromatic carbocycles. The lowest BCUT2D eigenvalue weighted by Crippen LogP contribution is -2.37. The molecule has 0 aromatic heterocycles. The number of nitrogens with zero attached hydrogens (tertiary/aromatic N) is 1. The van der Waals surface area contributed by atoms with E-state index in [0.717, 1.165) is 26.3 Å². The zero-order valence-corrected chi connectivity index (χ0v) is 8.83. The molecule has 0 radical (unpaired) electrons. The standard InChI is InChI=1S/C10H22N2O/c1-3-9(6-11)7-12(2)10-4-5-13-8-10/h9-10H,3-8,11H2,1-2H3. The Kier molecular flexibility index (Phi) is 4.70. The molecule has 3 nitrogen and oxygen atoms in total. The molecule has 1 aliphatic rings. The summed E-state index contributed by atoms with van der Waals surface area (Å²) in [6.45, 7) is 5.94. The Morgan fingerprint density at radius 2 is 2.38 bits per heavy atom. The fourth-order valence-corrected chi connectivity index (χ4v) is 1.80. The molecule has 1 aliphatic heterocycles. The van der Waals surface area contributed by atoms with Crippen molar-refractivity contribution in [3.05, 3.63) is 0 Å². The van der Waals surface area contributed by atoms with Gasteiger partial charge in [-0.2, -0.15) is 0 Å². The van der Waals surface area contributed by atoms with E-state index in [9.17, 15) is 0 Å². The third-order valence-electron chi connectivity index (χ3n) is 2.99. The van der Waals surface area contributed by atoms with Gasteiger partial charge in [-0.15, -0.1) is 0 Å². The summed E-state index contributed by atoms with van der Waals surface area (Å²) in [6.07, 6.45) is 2.35. The second kappa shape index (κ2) is 5.58. The molecule has 3 heteroatoms. The fraction of sp³-hybridized carbons (Fsp3) is 1.00. The van der Waals surface area contributed by atoms with Crippen LogP contribution in [0.2, 0.25) is 0 Å².